The van der Waals surface area contributed by atoms with Gasteiger partial charge in [0.05, 0.1) is 23.9 Å². The Hall–Kier alpha value is -1.36. The molecule has 5 heteroatoms. The van der Waals surface area contributed by atoms with Crippen LogP contribution in [0.15, 0.2) is 6.07 Å². The molecule has 84 valence electrons. The van der Waals surface area contributed by atoms with Gasteiger partial charge in [0.15, 0.2) is 0 Å². The topological polar surface area (TPSA) is 67.2 Å². The van der Waals surface area contributed by atoms with Gasteiger partial charge in [0.2, 0.25) is 0 Å². The minimum absolute atomic E-state index is 0.0762. The lowest BCUT2D eigenvalue weighted by Crippen LogP contribution is -2.25. The fraction of sp³-hybridized carbons (Fsp3) is 0.600. The summed E-state index contributed by atoms with van der Waals surface area (Å²) in [5, 5.41) is 16.1. The summed E-state index contributed by atoms with van der Waals surface area (Å²) in [5.41, 5.74) is 1.82. The largest absolute Gasteiger partial charge is 0.481 e. The summed E-state index contributed by atoms with van der Waals surface area (Å²) in [5.74, 6) is -0.806. The highest BCUT2D eigenvalue weighted by Gasteiger charge is 2.18. The summed E-state index contributed by atoms with van der Waals surface area (Å²) in [7, 11) is 1.83. The SMILES string of the molecule is CCNC(CC(=O)O)c1cc(C)nn1C. The van der Waals surface area contributed by atoms with Crippen molar-refractivity contribution in [2.75, 3.05) is 6.54 Å². The molecular formula is C10H17N3O2. The lowest BCUT2D eigenvalue weighted by atomic mass is 10.1. The normalized spacial score (nSPS) is 12.7. The average Bonchev–Trinajstić information content (AvgIpc) is 2.44. The number of aromatic nitrogens is 2. The van der Waals surface area contributed by atoms with Crippen LogP contribution in [0, 0.1) is 6.92 Å². The molecule has 0 aliphatic heterocycles. The monoisotopic (exact) mass is 211 g/mol. The third-order valence-electron chi connectivity index (χ3n) is 2.22. The average molecular weight is 211 g/mol. The highest BCUT2D eigenvalue weighted by molar-refractivity contribution is 5.67. The van der Waals surface area contributed by atoms with Gasteiger partial charge >= 0.3 is 5.97 Å². The molecule has 0 aliphatic rings. The smallest absolute Gasteiger partial charge is 0.305 e. The third-order valence-corrected chi connectivity index (χ3v) is 2.22. The molecule has 0 spiro atoms. The minimum Gasteiger partial charge on any atom is -0.481 e. The number of nitrogens with zero attached hydrogens (tertiary/aromatic N) is 2. The van der Waals surface area contributed by atoms with Crippen LogP contribution in [0.2, 0.25) is 0 Å². The summed E-state index contributed by atoms with van der Waals surface area (Å²) in [6.45, 7) is 4.59. The van der Waals surface area contributed by atoms with E-state index < -0.39 is 5.97 Å². The molecule has 1 rings (SSSR count). The molecular weight excluding hydrogens is 194 g/mol. The number of nitrogens with one attached hydrogen (secondary N) is 1. The minimum atomic E-state index is -0.806. The maximum atomic E-state index is 10.7. The molecule has 1 aromatic rings. The maximum absolute atomic E-state index is 10.7. The van der Waals surface area contributed by atoms with Gasteiger partial charge in [0.1, 0.15) is 0 Å². The number of carboxylic acids is 1. The second-order valence-electron chi connectivity index (χ2n) is 3.54. The van der Waals surface area contributed by atoms with Gasteiger partial charge in [0.25, 0.3) is 0 Å². The Labute approximate surface area is 89.1 Å². The second kappa shape index (κ2) is 4.93. The van der Waals surface area contributed by atoms with E-state index >= 15 is 0 Å². The predicted molar refractivity (Wildman–Crippen MR) is 56.6 cm³/mol. The van der Waals surface area contributed by atoms with E-state index in [0.29, 0.717) is 0 Å². The van der Waals surface area contributed by atoms with E-state index in [1.165, 1.54) is 0 Å². The molecule has 5 nitrogen and oxygen atoms in total. The number of aryl methyl sites for hydroxylation is 2. The summed E-state index contributed by atoms with van der Waals surface area (Å²) in [4.78, 5) is 10.7. The number of carboxylic acid groups (broad SMARTS) is 1. The molecule has 0 radical (unpaired) electrons. The van der Waals surface area contributed by atoms with E-state index in [9.17, 15) is 4.79 Å². The van der Waals surface area contributed by atoms with Crippen molar-refractivity contribution in [1.29, 1.82) is 0 Å². The van der Waals surface area contributed by atoms with Crippen LogP contribution >= 0.6 is 0 Å². The summed E-state index contributed by atoms with van der Waals surface area (Å²) < 4.78 is 1.73. The first-order valence-electron chi connectivity index (χ1n) is 5.00. The Bertz CT molecular complexity index is 346. The van der Waals surface area contributed by atoms with Gasteiger partial charge in [0, 0.05) is 7.05 Å². The highest BCUT2D eigenvalue weighted by atomic mass is 16.4. The fourth-order valence-corrected chi connectivity index (χ4v) is 1.66. The Morgan fingerprint density at radius 3 is 2.80 bits per heavy atom. The van der Waals surface area contributed by atoms with Crippen molar-refractivity contribution in [3.8, 4) is 0 Å². The zero-order valence-electron chi connectivity index (χ0n) is 9.32. The van der Waals surface area contributed by atoms with Crippen LogP contribution < -0.4 is 5.32 Å². The lowest BCUT2D eigenvalue weighted by Gasteiger charge is -2.15. The van der Waals surface area contributed by atoms with E-state index in [4.69, 9.17) is 5.11 Å². The first kappa shape index (κ1) is 11.7. The van der Waals surface area contributed by atoms with Gasteiger partial charge in [-0.05, 0) is 19.5 Å². The standard InChI is InChI=1S/C10H17N3O2/c1-4-11-8(6-10(14)15)9-5-7(2)12-13(9)3/h5,8,11H,4,6H2,1-3H3,(H,14,15). The number of hydrogen-bond acceptors (Lipinski definition) is 3. The molecule has 0 amide bonds. The molecule has 0 saturated carbocycles. The summed E-state index contributed by atoms with van der Waals surface area (Å²) >= 11 is 0. The van der Waals surface area contributed by atoms with Crippen LogP contribution in [0.25, 0.3) is 0 Å². The van der Waals surface area contributed by atoms with Crippen LogP contribution in [0.4, 0.5) is 0 Å². The van der Waals surface area contributed by atoms with E-state index in [-0.39, 0.29) is 12.5 Å². The predicted octanol–water partition coefficient (Wildman–Crippen LogP) is 0.854. The molecule has 1 aromatic heterocycles. The lowest BCUT2D eigenvalue weighted by molar-refractivity contribution is -0.137. The molecule has 0 aliphatic carbocycles. The van der Waals surface area contributed by atoms with Gasteiger partial charge < -0.3 is 10.4 Å². The molecule has 0 bridgehead atoms. The quantitative estimate of drug-likeness (QED) is 0.757. The van der Waals surface area contributed by atoms with Gasteiger partial charge in [-0.1, -0.05) is 6.92 Å². The fourth-order valence-electron chi connectivity index (χ4n) is 1.66. The first-order chi connectivity index (χ1) is 7.04. The third kappa shape index (κ3) is 3.06. The van der Waals surface area contributed by atoms with Crippen LogP contribution in [0.3, 0.4) is 0 Å². The summed E-state index contributed by atoms with van der Waals surface area (Å²) in [6, 6.07) is 1.75. The molecule has 15 heavy (non-hydrogen) atoms. The molecule has 0 aromatic carbocycles. The van der Waals surface area contributed by atoms with E-state index in [0.717, 1.165) is 17.9 Å². The van der Waals surface area contributed by atoms with Crippen molar-refractivity contribution < 1.29 is 9.90 Å². The van der Waals surface area contributed by atoms with Crippen LogP contribution in [0.1, 0.15) is 30.8 Å². The van der Waals surface area contributed by atoms with Gasteiger partial charge in [-0.15, -0.1) is 0 Å². The Morgan fingerprint density at radius 1 is 1.73 bits per heavy atom. The molecule has 1 unspecified atom stereocenters. The maximum Gasteiger partial charge on any atom is 0.305 e. The number of carbonyl (C=O) groups is 1. The van der Waals surface area contributed by atoms with Crippen LogP contribution in [-0.2, 0) is 11.8 Å². The van der Waals surface area contributed by atoms with Crippen LogP contribution in [-0.4, -0.2) is 27.4 Å². The number of hydrogen-bond donors (Lipinski definition) is 2. The van der Waals surface area contributed by atoms with Gasteiger partial charge in [-0.3, -0.25) is 9.48 Å². The van der Waals surface area contributed by atoms with Gasteiger partial charge in [-0.25, -0.2) is 0 Å². The summed E-state index contributed by atoms with van der Waals surface area (Å²) in [6.07, 6.45) is 0.0762. The Kier molecular flexibility index (Phi) is 3.85. The van der Waals surface area contributed by atoms with Crippen molar-refractivity contribution in [2.45, 2.75) is 26.3 Å². The molecule has 1 atom stereocenters. The molecule has 1 heterocycles. The van der Waals surface area contributed by atoms with Crippen molar-refractivity contribution >= 4 is 5.97 Å². The Balaban J connectivity index is 2.87. The van der Waals surface area contributed by atoms with E-state index in [1.54, 1.807) is 4.68 Å². The van der Waals surface area contributed by atoms with E-state index in [1.807, 2.05) is 27.0 Å². The van der Waals surface area contributed by atoms with Crippen molar-refractivity contribution in [3.05, 3.63) is 17.5 Å². The zero-order chi connectivity index (χ0) is 11.4. The molecule has 2 N–H and O–H groups in total. The van der Waals surface area contributed by atoms with Crippen molar-refractivity contribution in [2.24, 2.45) is 7.05 Å². The highest BCUT2D eigenvalue weighted by Crippen LogP contribution is 2.17. The van der Waals surface area contributed by atoms with Crippen LogP contribution in [0.5, 0.6) is 0 Å². The second-order valence-corrected chi connectivity index (χ2v) is 3.54. The zero-order valence-corrected chi connectivity index (χ0v) is 9.32. The Morgan fingerprint density at radius 2 is 2.40 bits per heavy atom. The molecule has 0 fully saturated rings. The number of rotatable bonds is 5. The number of aliphatic carboxylic acids is 1. The first-order valence-corrected chi connectivity index (χ1v) is 5.00. The molecule has 0 saturated heterocycles. The van der Waals surface area contributed by atoms with Gasteiger partial charge in [-0.2, -0.15) is 5.10 Å². The van der Waals surface area contributed by atoms with Crippen molar-refractivity contribution in [1.82, 2.24) is 15.1 Å². The van der Waals surface area contributed by atoms with Crippen molar-refractivity contribution in [3.63, 3.8) is 0 Å². The van der Waals surface area contributed by atoms with E-state index in [2.05, 4.69) is 10.4 Å².